The SMILES string of the molecule is O=[N+]([O-])c1ccc(S(=O)(=O)NCc2cncnc2)c(O)c1. The Morgan fingerprint density at radius 2 is 1.95 bits per heavy atom. The molecule has 1 heterocycles. The largest absolute Gasteiger partial charge is 0.506 e. The third kappa shape index (κ3) is 3.49. The predicted octanol–water partition coefficient (Wildman–Crippen LogP) is 0.569. The molecule has 21 heavy (non-hydrogen) atoms. The molecule has 0 amide bonds. The number of rotatable bonds is 5. The van der Waals surface area contributed by atoms with Crippen LogP contribution in [0.1, 0.15) is 5.56 Å². The van der Waals surface area contributed by atoms with Crippen molar-refractivity contribution in [3.05, 3.63) is 52.6 Å². The highest BCUT2D eigenvalue weighted by Crippen LogP contribution is 2.27. The molecule has 0 spiro atoms. The number of phenols is 1. The number of nitrogens with one attached hydrogen (secondary N) is 1. The molecule has 9 nitrogen and oxygen atoms in total. The molecule has 0 aliphatic carbocycles. The van der Waals surface area contributed by atoms with Gasteiger partial charge < -0.3 is 5.11 Å². The molecule has 1 aromatic carbocycles. The zero-order chi connectivity index (χ0) is 15.5. The van der Waals surface area contributed by atoms with E-state index < -0.39 is 31.3 Å². The van der Waals surface area contributed by atoms with Gasteiger partial charge in [-0.25, -0.2) is 23.1 Å². The fourth-order valence-corrected chi connectivity index (χ4v) is 2.62. The average Bonchev–Trinajstić information content (AvgIpc) is 2.46. The van der Waals surface area contributed by atoms with Gasteiger partial charge in [-0.15, -0.1) is 0 Å². The number of nitro benzene ring substituents is 1. The smallest absolute Gasteiger partial charge is 0.273 e. The zero-order valence-corrected chi connectivity index (χ0v) is 11.3. The number of nitrogens with zero attached hydrogens (tertiary/aromatic N) is 3. The van der Waals surface area contributed by atoms with Crippen LogP contribution in [-0.4, -0.2) is 28.4 Å². The minimum atomic E-state index is -4.01. The first-order valence-corrected chi connectivity index (χ1v) is 7.09. The van der Waals surface area contributed by atoms with Gasteiger partial charge in [-0.05, 0) is 6.07 Å². The second kappa shape index (κ2) is 5.81. The van der Waals surface area contributed by atoms with Crippen LogP contribution in [0, 0.1) is 10.1 Å². The van der Waals surface area contributed by atoms with Gasteiger partial charge in [-0.3, -0.25) is 10.1 Å². The minimum Gasteiger partial charge on any atom is -0.506 e. The van der Waals surface area contributed by atoms with Crippen LogP contribution in [0.3, 0.4) is 0 Å². The number of benzene rings is 1. The highest BCUT2D eigenvalue weighted by atomic mass is 32.2. The van der Waals surface area contributed by atoms with Crippen molar-refractivity contribution in [2.45, 2.75) is 11.4 Å². The summed E-state index contributed by atoms with van der Waals surface area (Å²) in [5, 5.41) is 20.2. The fraction of sp³-hybridized carbons (Fsp3) is 0.0909. The highest BCUT2D eigenvalue weighted by Gasteiger charge is 2.21. The van der Waals surface area contributed by atoms with Gasteiger partial charge in [0.1, 0.15) is 17.0 Å². The topological polar surface area (TPSA) is 135 Å². The van der Waals surface area contributed by atoms with Gasteiger partial charge in [0.25, 0.3) is 5.69 Å². The van der Waals surface area contributed by atoms with Gasteiger partial charge in [-0.2, -0.15) is 0 Å². The molecule has 1 aromatic heterocycles. The first-order valence-electron chi connectivity index (χ1n) is 5.61. The maximum absolute atomic E-state index is 12.0. The summed E-state index contributed by atoms with van der Waals surface area (Å²) in [6.07, 6.45) is 4.18. The number of nitro groups is 1. The molecule has 2 rings (SSSR count). The van der Waals surface area contributed by atoms with Gasteiger partial charge >= 0.3 is 0 Å². The summed E-state index contributed by atoms with van der Waals surface area (Å²) in [7, 11) is -4.01. The Kier molecular flexibility index (Phi) is 4.10. The van der Waals surface area contributed by atoms with Crippen LogP contribution in [0.15, 0.2) is 41.8 Å². The van der Waals surface area contributed by atoms with Gasteiger partial charge in [0.15, 0.2) is 0 Å². The Bertz CT molecular complexity index is 763. The van der Waals surface area contributed by atoms with E-state index in [4.69, 9.17) is 0 Å². The molecule has 2 N–H and O–H groups in total. The van der Waals surface area contributed by atoms with E-state index in [0.717, 1.165) is 18.2 Å². The Hall–Kier alpha value is -2.59. The molecule has 0 saturated heterocycles. The van der Waals surface area contributed by atoms with E-state index in [2.05, 4.69) is 14.7 Å². The van der Waals surface area contributed by atoms with E-state index in [1.165, 1.54) is 18.7 Å². The van der Waals surface area contributed by atoms with Crippen LogP contribution in [0.5, 0.6) is 5.75 Å². The Balaban J connectivity index is 2.22. The van der Waals surface area contributed by atoms with Gasteiger partial charge in [0.05, 0.1) is 11.0 Å². The number of phenolic OH excluding ortho intramolecular Hbond substituents is 1. The molecule has 0 bridgehead atoms. The molecule has 0 fully saturated rings. The first kappa shape index (κ1) is 14.8. The first-order chi connectivity index (χ1) is 9.90. The monoisotopic (exact) mass is 310 g/mol. The molecular weight excluding hydrogens is 300 g/mol. The summed E-state index contributed by atoms with van der Waals surface area (Å²) in [5.74, 6) is -0.694. The van der Waals surface area contributed by atoms with E-state index in [-0.39, 0.29) is 6.54 Å². The molecule has 2 aromatic rings. The second-order valence-corrected chi connectivity index (χ2v) is 5.72. The minimum absolute atomic E-state index is 0.0698. The quantitative estimate of drug-likeness (QED) is 0.608. The van der Waals surface area contributed by atoms with Crippen molar-refractivity contribution in [1.29, 1.82) is 0 Å². The van der Waals surface area contributed by atoms with Crippen LogP contribution in [0.4, 0.5) is 5.69 Å². The lowest BCUT2D eigenvalue weighted by Crippen LogP contribution is -2.23. The lowest BCUT2D eigenvalue weighted by molar-refractivity contribution is -0.385. The number of non-ortho nitro benzene ring substituents is 1. The van der Waals surface area contributed by atoms with Crippen LogP contribution in [0.25, 0.3) is 0 Å². The standard InChI is InChI=1S/C11H10N4O5S/c16-10-3-9(15(17)18)1-2-11(10)21(19,20)14-6-8-4-12-7-13-5-8/h1-5,7,14,16H,6H2. The summed E-state index contributed by atoms with van der Waals surface area (Å²) in [6.45, 7) is -0.0698. The summed E-state index contributed by atoms with van der Waals surface area (Å²) in [4.78, 5) is 16.8. The highest BCUT2D eigenvalue weighted by molar-refractivity contribution is 7.89. The average molecular weight is 310 g/mol. The Morgan fingerprint density at radius 3 is 2.52 bits per heavy atom. The molecule has 0 radical (unpaired) electrons. The summed E-state index contributed by atoms with van der Waals surface area (Å²) >= 11 is 0. The van der Waals surface area contributed by atoms with E-state index in [0.29, 0.717) is 5.56 Å². The van der Waals surface area contributed by atoms with Crippen molar-refractivity contribution in [2.24, 2.45) is 0 Å². The number of aromatic hydroxyl groups is 1. The Morgan fingerprint density at radius 1 is 1.29 bits per heavy atom. The molecular formula is C11H10N4O5S. The lowest BCUT2D eigenvalue weighted by Gasteiger charge is -2.08. The van der Waals surface area contributed by atoms with Crippen LogP contribution < -0.4 is 4.72 Å². The van der Waals surface area contributed by atoms with E-state index >= 15 is 0 Å². The molecule has 0 aliphatic heterocycles. The van der Waals surface area contributed by atoms with Crippen LogP contribution >= 0.6 is 0 Å². The molecule has 110 valence electrons. The number of hydrogen-bond donors (Lipinski definition) is 2. The summed E-state index contributed by atoms with van der Waals surface area (Å²) < 4.78 is 26.3. The van der Waals surface area contributed by atoms with Crippen LogP contribution in [0.2, 0.25) is 0 Å². The molecule has 10 heteroatoms. The number of sulfonamides is 1. The number of hydrogen-bond acceptors (Lipinski definition) is 7. The van der Waals surface area contributed by atoms with Crippen molar-refractivity contribution in [3.63, 3.8) is 0 Å². The lowest BCUT2D eigenvalue weighted by atomic mass is 10.3. The number of aromatic nitrogens is 2. The maximum Gasteiger partial charge on any atom is 0.273 e. The van der Waals surface area contributed by atoms with Gasteiger partial charge in [-0.1, -0.05) is 0 Å². The van der Waals surface area contributed by atoms with Crippen molar-refractivity contribution >= 4 is 15.7 Å². The molecule has 0 unspecified atom stereocenters. The van der Waals surface area contributed by atoms with E-state index in [9.17, 15) is 23.6 Å². The predicted molar refractivity (Wildman–Crippen MR) is 70.8 cm³/mol. The maximum atomic E-state index is 12.0. The Labute approximate surface area is 119 Å². The van der Waals surface area contributed by atoms with Crippen molar-refractivity contribution in [1.82, 2.24) is 14.7 Å². The van der Waals surface area contributed by atoms with Crippen molar-refractivity contribution < 1.29 is 18.4 Å². The summed E-state index contributed by atoms with van der Waals surface area (Å²) in [5.41, 5.74) is 0.130. The van der Waals surface area contributed by atoms with Crippen molar-refractivity contribution in [2.75, 3.05) is 0 Å². The van der Waals surface area contributed by atoms with E-state index in [1.807, 2.05) is 0 Å². The third-order valence-corrected chi connectivity index (χ3v) is 3.97. The third-order valence-electron chi connectivity index (χ3n) is 2.52. The fourth-order valence-electron chi connectivity index (χ4n) is 1.52. The normalized spacial score (nSPS) is 11.2. The molecule has 0 saturated carbocycles. The second-order valence-electron chi connectivity index (χ2n) is 3.98. The van der Waals surface area contributed by atoms with Crippen molar-refractivity contribution in [3.8, 4) is 5.75 Å². The summed E-state index contributed by atoms with van der Waals surface area (Å²) in [6, 6.07) is 2.75. The molecule has 0 atom stereocenters. The van der Waals surface area contributed by atoms with Crippen LogP contribution in [-0.2, 0) is 16.6 Å². The van der Waals surface area contributed by atoms with Gasteiger partial charge in [0.2, 0.25) is 10.0 Å². The zero-order valence-electron chi connectivity index (χ0n) is 10.5. The van der Waals surface area contributed by atoms with E-state index in [1.54, 1.807) is 0 Å². The molecule has 0 aliphatic rings. The van der Waals surface area contributed by atoms with Gasteiger partial charge in [0, 0.05) is 30.6 Å².